The van der Waals surface area contributed by atoms with Gasteiger partial charge in [0.2, 0.25) is 0 Å². The molecule has 90 valence electrons. The first-order chi connectivity index (χ1) is 7.93. The summed E-state index contributed by atoms with van der Waals surface area (Å²) in [7, 11) is 0. The summed E-state index contributed by atoms with van der Waals surface area (Å²) in [5, 5.41) is 7.42. The van der Waals surface area contributed by atoms with Crippen LogP contribution in [0.15, 0.2) is 33.7 Å². The molecule has 0 aliphatic carbocycles. The Hall–Kier alpha value is -1.69. The highest BCUT2D eigenvalue weighted by atomic mass is 79.9. The summed E-state index contributed by atoms with van der Waals surface area (Å²) in [6.07, 6.45) is 1.70. The first-order valence-corrected chi connectivity index (χ1v) is 5.56. The van der Waals surface area contributed by atoms with E-state index in [-0.39, 0.29) is 5.56 Å². The largest absolute Gasteiger partial charge is 0.481 e. The van der Waals surface area contributed by atoms with Crippen LogP contribution in [0.3, 0.4) is 0 Å². The summed E-state index contributed by atoms with van der Waals surface area (Å²) < 4.78 is 2.04. The van der Waals surface area contributed by atoms with E-state index >= 15 is 0 Å². The number of carboxylic acid groups (broad SMARTS) is 1. The number of aliphatic carboxylic acids is 1. The van der Waals surface area contributed by atoms with Crippen molar-refractivity contribution in [3.63, 3.8) is 0 Å². The number of nitrogens with zero attached hydrogens (tertiary/aromatic N) is 2. The molecule has 0 unspecified atom stereocenters. The predicted molar refractivity (Wildman–Crippen MR) is 67.2 cm³/mol. The molecule has 2 aromatic heterocycles. The molecule has 6 heteroatoms. The van der Waals surface area contributed by atoms with E-state index in [2.05, 4.69) is 20.9 Å². The molecule has 0 atom stereocenters. The number of fused-ring (bicyclic) bond motifs is 1. The van der Waals surface area contributed by atoms with E-state index in [0.717, 1.165) is 12.6 Å². The van der Waals surface area contributed by atoms with Gasteiger partial charge >= 0.3 is 0 Å². The maximum atomic E-state index is 11.6. The Labute approximate surface area is 106 Å². The Balaban J connectivity index is 0.000000317. The van der Waals surface area contributed by atoms with Crippen LogP contribution in [0.25, 0.3) is 5.65 Å². The number of rotatable bonds is 0. The minimum Gasteiger partial charge on any atom is -0.481 e. The number of hydrogen-bond acceptors (Lipinski definition) is 3. The maximum absolute atomic E-state index is 11.6. The average Bonchev–Trinajstić information content (AvgIpc) is 2.25. The summed E-state index contributed by atoms with van der Waals surface area (Å²) in [6.45, 7) is 2.89. The zero-order valence-corrected chi connectivity index (χ0v) is 10.9. The first-order valence-electron chi connectivity index (χ1n) is 4.76. The van der Waals surface area contributed by atoms with Gasteiger partial charge in [-0.3, -0.25) is 14.0 Å². The van der Waals surface area contributed by atoms with Crippen molar-refractivity contribution in [1.82, 2.24) is 9.38 Å². The third kappa shape index (κ3) is 3.39. The number of halogens is 1. The lowest BCUT2D eigenvalue weighted by atomic mass is 10.4. The topological polar surface area (TPSA) is 71.7 Å². The summed E-state index contributed by atoms with van der Waals surface area (Å²) in [5.74, 6) is -0.833. The third-order valence-corrected chi connectivity index (χ3v) is 2.76. The van der Waals surface area contributed by atoms with Crippen LogP contribution in [-0.2, 0) is 4.79 Å². The van der Waals surface area contributed by atoms with Gasteiger partial charge in [0.05, 0.1) is 5.69 Å². The number of carbonyl (C=O) groups is 1. The molecule has 1 N–H and O–H groups in total. The van der Waals surface area contributed by atoms with Gasteiger partial charge in [-0.1, -0.05) is 6.07 Å². The first kappa shape index (κ1) is 13.4. The fraction of sp³-hybridized carbons (Fsp3) is 0.182. The zero-order valence-electron chi connectivity index (χ0n) is 9.35. The fourth-order valence-electron chi connectivity index (χ4n) is 1.18. The zero-order chi connectivity index (χ0) is 13.0. The second-order valence-corrected chi connectivity index (χ2v) is 4.06. The lowest BCUT2D eigenvalue weighted by Gasteiger charge is -2.01. The van der Waals surface area contributed by atoms with E-state index in [4.69, 9.17) is 9.90 Å². The highest BCUT2D eigenvalue weighted by molar-refractivity contribution is 9.10. The molecule has 0 spiro atoms. The summed E-state index contributed by atoms with van der Waals surface area (Å²) in [4.78, 5) is 24.9. The Kier molecular flexibility index (Phi) is 4.39. The Morgan fingerprint density at radius 3 is 2.65 bits per heavy atom. The number of hydrogen-bond donors (Lipinski definition) is 1. The van der Waals surface area contributed by atoms with Gasteiger partial charge in [0.25, 0.3) is 11.5 Å². The molecular weight excluding hydrogens is 288 g/mol. The minimum absolute atomic E-state index is 0.0666. The van der Waals surface area contributed by atoms with Crippen LogP contribution in [0.2, 0.25) is 0 Å². The van der Waals surface area contributed by atoms with Crippen LogP contribution in [0.1, 0.15) is 12.6 Å². The van der Waals surface area contributed by atoms with Crippen molar-refractivity contribution in [2.24, 2.45) is 0 Å². The van der Waals surface area contributed by atoms with Crippen molar-refractivity contribution in [1.29, 1.82) is 0 Å². The van der Waals surface area contributed by atoms with Crippen molar-refractivity contribution in [2.75, 3.05) is 0 Å². The van der Waals surface area contributed by atoms with Crippen LogP contribution in [0, 0.1) is 6.92 Å². The van der Waals surface area contributed by atoms with Gasteiger partial charge in [-0.15, -0.1) is 0 Å². The Morgan fingerprint density at radius 2 is 2.06 bits per heavy atom. The quantitative estimate of drug-likeness (QED) is 0.806. The maximum Gasteiger partial charge on any atom is 0.300 e. The Bertz CT molecular complexity index is 603. The molecule has 0 radical (unpaired) electrons. The molecule has 0 aromatic carbocycles. The normalized spacial score (nSPS) is 9.59. The second kappa shape index (κ2) is 5.58. The average molecular weight is 299 g/mol. The summed E-state index contributed by atoms with van der Waals surface area (Å²) >= 11 is 3.20. The molecular formula is C11H11BrN2O3. The van der Waals surface area contributed by atoms with Gasteiger partial charge in [-0.05, 0) is 35.0 Å². The molecule has 0 aliphatic heterocycles. The van der Waals surface area contributed by atoms with E-state index in [0.29, 0.717) is 10.1 Å². The summed E-state index contributed by atoms with van der Waals surface area (Å²) in [6, 6.07) is 5.47. The number of pyridine rings is 1. The number of aryl methyl sites for hydroxylation is 1. The molecule has 0 fully saturated rings. The van der Waals surface area contributed by atoms with Crippen molar-refractivity contribution >= 4 is 27.5 Å². The van der Waals surface area contributed by atoms with Crippen molar-refractivity contribution < 1.29 is 9.90 Å². The molecule has 0 aliphatic rings. The van der Waals surface area contributed by atoms with Crippen LogP contribution in [-0.4, -0.2) is 20.5 Å². The molecule has 2 aromatic rings. The summed E-state index contributed by atoms with van der Waals surface area (Å²) in [5.41, 5.74) is 1.33. The molecule has 17 heavy (non-hydrogen) atoms. The van der Waals surface area contributed by atoms with Crippen LogP contribution in [0.5, 0.6) is 0 Å². The lowest BCUT2D eigenvalue weighted by molar-refractivity contribution is -0.134. The second-order valence-electron chi connectivity index (χ2n) is 3.26. The highest BCUT2D eigenvalue weighted by Gasteiger charge is 2.04. The van der Waals surface area contributed by atoms with E-state index in [1.807, 2.05) is 6.07 Å². The number of carboxylic acids is 1. The van der Waals surface area contributed by atoms with Gasteiger partial charge in [-0.25, -0.2) is 4.98 Å². The highest BCUT2D eigenvalue weighted by Crippen LogP contribution is 2.08. The minimum atomic E-state index is -0.833. The molecule has 0 bridgehead atoms. The molecule has 2 rings (SSSR count). The van der Waals surface area contributed by atoms with Crippen molar-refractivity contribution in [3.8, 4) is 0 Å². The van der Waals surface area contributed by atoms with E-state index in [9.17, 15) is 4.79 Å². The molecule has 0 saturated carbocycles. The Morgan fingerprint density at radius 1 is 1.47 bits per heavy atom. The number of aromatic nitrogens is 2. The molecule has 0 amide bonds. The van der Waals surface area contributed by atoms with E-state index in [1.165, 1.54) is 4.40 Å². The van der Waals surface area contributed by atoms with Gasteiger partial charge < -0.3 is 5.11 Å². The van der Waals surface area contributed by atoms with Crippen molar-refractivity contribution in [3.05, 3.63) is 44.9 Å². The van der Waals surface area contributed by atoms with Crippen molar-refractivity contribution in [2.45, 2.75) is 13.8 Å². The third-order valence-electron chi connectivity index (χ3n) is 1.84. The fourth-order valence-corrected chi connectivity index (χ4v) is 1.46. The lowest BCUT2D eigenvalue weighted by Crippen LogP contribution is -2.16. The molecule has 5 nitrogen and oxygen atoms in total. The molecule has 2 heterocycles. The SMILES string of the molecule is CC(=O)O.Cc1nc2ccccn2c(=O)c1Br. The monoisotopic (exact) mass is 298 g/mol. The van der Waals surface area contributed by atoms with E-state index < -0.39 is 5.97 Å². The van der Waals surface area contributed by atoms with E-state index in [1.54, 1.807) is 25.3 Å². The predicted octanol–water partition coefficient (Wildman–Crippen LogP) is 1.86. The standard InChI is InChI=1S/C9H7BrN2O.C2H4O2/c1-6-8(10)9(13)12-5-3-2-4-7(12)11-6;1-2(3)4/h2-5H,1H3;1H3,(H,3,4). The van der Waals surface area contributed by atoms with Gasteiger partial charge in [0.15, 0.2) is 0 Å². The van der Waals surface area contributed by atoms with Crippen LogP contribution in [0.4, 0.5) is 0 Å². The smallest absolute Gasteiger partial charge is 0.300 e. The van der Waals surface area contributed by atoms with Crippen LogP contribution < -0.4 is 5.56 Å². The van der Waals surface area contributed by atoms with Gasteiger partial charge in [0, 0.05) is 13.1 Å². The van der Waals surface area contributed by atoms with Gasteiger partial charge in [0.1, 0.15) is 10.1 Å². The molecule has 0 saturated heterocycles. The van der Waals surface area contributed by atoms with Crippen LogP contribution >= 0.6 is 15.9 Å². The van der Waals surface area contributed by atoms with Gasteiger partial charge in [-0.2, -0.15) is 0 Å².